The van der Waals surface area contributed by atoms with Crippen LogP contribution in [0.25, 0.3) is 5.65 Å². The molecule has 240 valence electrons. The Morgan fingerprint density at radius 2 is 1.68 bits per heavy atom. The van der Waals surface area contributed by atoms with Gasteiger partial charge in [-0.1, -0.05) is 26.0 Å². The SMILES string of the molecule is CC(C)c1cnn2c(NC3CC4CCC(C3)N4C(=O)OC3CN(C/C=C/CN4CCCC4)C3)nc(NC3CCOCC3)nc12. The van der Waals surface area contributed by atoms with Gasteiger partial charge in [-0.3, -0.25) is 9.80 Å². The third kappa shape index (κ3) is 6.53. The zero-order chi connectivity index (χ0) is 30.0. The molecule has 5 aliphatic rings. The van der Waals surface area contributed by atoms with Crippen molar-refractivity contribution in [1.29, 1.82) is 0 Å². The van der Waals surface area contributed by atoms with Crippen LogP contribution < -0.4 is 10.6 Å². The first-order chi connectivity index (χ1) is 21.5. The normalized spacial score (nSPS) is 27.1. The number of piperidine rings is 1. The lowest BCUT2D eigenvalue weighted by atomic mass is 9.98. The van der Waals surface area contributed by atoms with E-state index in [1.54, 1.807) is 0 Å². The van der Waals surface area contributed by atoms with E-state index in [1.807, 2.05) is 15.6 Å². The standard InChI is InChI=1S/C32H49N9O3/c1-22(2)28-19-33-41-29(28)36-30(34-23-9-15-43-16-10-23)37-31(41)35-24-17-25-7-8-26(18-24)40(25)32(42)44-27-20-39(21-27)14-6-5-13-38-11-3-4-12-38/h5-6,19,22-27H,3-4,7-18,20-21H2,1-2H3,(H2,34,35,36,37)/b6-5+. The Balaban J connectivity index is 0.940. The maximum absolute atomic E-state index is 13.3. The van der Waals surface area contributed by atoms with Crippen LogP contribution in [0.4, 0.5) is 16.7 Å². The Morgan fingerprint density at radius 3 is 2.39 bits per heavy atom. The Kier molecular flexibility index (Phi) is 8.91. The number of carbonyl (C=O) groups is 1. The van der Waals surface area contributed by atoms with E-state index in [9.17, 15) is 4.79 Å². The van der Waals surface area contributed by atoms with E-state index in [-0.39, 0.29) is 30.3 Å². The number of rotatable bonds is 10. The predicted octanol–water partition coefficient (Wildman–Crippen LogP) is 3.72. The van der Waals surface area contributed by atoms with Crippen molar-refractivity contribution in [3.8, 4) is 0 Å². The highest BCUT2D eigenvalue weighted by molar-refractivity contribution is 5.69. The summed E-state index contributed by atoms with van der Waals surface area (Å²) in [5, 5.41) is 11.9. The van der Waals surface area contributed by atoms with E-state index < -0.39 is 0 Å². The summed E-state index contributed by atoms with van der Waals surface area (Å²) < 4.78 is 13.4. The lowest BCUT2D eigenvalue weighted by Crippen LogP contribution is -2.56. The van der Waals surface area contributed by atoms with Crippen LogP contribution in [0.3, 0.4) is 0 Å². The third-order valence-electron chi connectivity index (χ3n) is 10.1. The second kappa shape index (κ2) is 13.2. The minimum Gasteiger partial charge on any atom is -0.443 e. The molecule has 2 aromatic heterocycles. The van der Waals surface area contributed by atoms with Gasteiger partial charge in [-0.15, -0.1) is 0 Å². The lowest BCUT2D eigenvalue weighted by Gasteiger charge is -2.42. The van der Waals surface area contributed by atoms with Crippen LogP contribution in [-0.4, -0.2) is 123 Å². The number of nitrogens with zero attached hydrogens (tertiary/aromatic N) is 7. The lowest BCUT2D eigenvalue weighted by molar-refractivity contribution is -0.0306. The zero-order valence-electron chi connectivity index (χ0n) is 26.4. The average Bonchev–Trinajstić information content (AvgIpc) is 3.73. The van der Waals surface area contributed by atoms with Crippen molar-refractivity contribution in [3.63, 3.8) is 0 Å². The Hall–Kier alpha value is -2.96. The van der Waals surface area contributed by atoms with Crippen LogP contribution in [-0.2, 0) is 9.47 Å². The van der Waals surface area contributed by atoms with Crippen LogP contribution >= 0.6 is 0 Å². The molecule has 1 amide bonds. The monoisotopic (exact) mass is 607 g/mol. The summed E-state index contributed by atoms with van der Waals surface area (Å²) in [6.45, 7) is 11.9. The summed E-state index contributed by atoms with van der Waals surface area (Å²) in [4.78, 5) is 30.0. The summed E-state index contributed by atoms with van der Waals surface area (Å²) in [6.07, 6.45) is 14.6. The first-order valence-electron chi connectivity index (χ1n) is 17.0. The molecular weight excluding hydrogens is 558 g/mol. The minimum absolute atomic E-state index is 0.00403. The van der Waals surface area contributed by atoms with Gasteiger partial charge in [0.05, 0.1) is 6.20 Å². The van der Waals surface area contributed by atoms with E-state index in [0.29, 0.717) is 23.9 Å². The maximum Gasteiger partial charge on any atom is 0.410 e. The summed E-state index contributed by atoms with van der Waals surface area (Å²) in [5.41, 5.74) is 1.95. The molecule has 0 saturated carbocycles. The van der Waals surface area contributed by atoms with E-state index >= 15 is 0 Å². The number of anilines is 2. The molecule has 5 fully saturated rings. The fourth-order valence-corrected chi connectivity index (χ4v) is 7.62. The number of hydrogen-bond donors (Lipinski definition) is 2. The second-order valence-electron chi connectivity index (χ2n) is 13.7. The number of fused-ring (bicyclic) bond motifs is 3. The van der Waals surface area contributed by atoms with E-state index in [4.69, 9.17) is 19.4 Å². The van der Waals surface area contributed by atoms with Gasteiger partial charge in [0.25, 0.3) is 0 Å². The van der Waals surface area contributed by atoms with Gasteiger partial charge in [0, 0.05) is 69.1 Å². The zero-order valence-corrected chi connectivity index (χ0v) is 26.4. The summed E-state index contributed by atoms with van der Waals surface area (Å²) in [6, 6.07) is 0.867. The van der Waals surface area contributed by atoms with Gasteiger partial charge in [-0.25, -0.2) is 4.79 Å². The molecule has 0 aliphatic carbocycles. The van der Waals surface area contributed by atoms with Crippen molar-refractivity contribution in [2.24, 2.45) is 0 Å². The average molecular weight is 608 g/mol. The van der Waals surface area contributed by atoms with Crippen molar-refractivity contribution >= 4 is 23.6 Å². The minimum atomic E-state index is -0.133. The van der Waals surface area contributed by atoms with Crippen molar-refractivity contribution in [2.75, 3.05) is 63.1 Å². The van der Waals surface area contributed by atoms with Crippen LogP contribution in [0.5, 0.6) is 0 Å². The molecule has 5 aliphatic heterocycles. The Labute approximate surface area is 260 Å². The van der Waals surface area contributed by atoms with Gasteiger partial charge in [0.2, 0.25) is 11.9 Å². The summed E-state index contributed by atoms with van der Waals surface area (Å²) >= 11 is 0. The van der Waals surface area contributed by atoms with Crippen molar-refractivity contribution in [1.82, 2.24) is 34.3 Å². The van der Waals surface area contributed by atoms with Gasteiger partial charge in [0.15, 0.2) is 5.65 Å². The molecular formula is C32H49N9O3. The highest BCUT2D eigenvalue weighted by atomic mass is 16.6. The van der Waals surface area contributed by atoms with Gasteiger partial charge in [-0.05, 0) is 70.4 Å². The molecule has 12 nitrogen and oxygen atoms in total. The van der Waals surface area contributed by atoms with E-state index in [1.165, 1.54) is 25.9 Å². The van der Waals surface area contributed by atoms with Crippen LogP contribution in [0.15, 0.2) is 18.3 Å². The fraction of sp³-hybridized carbons (Fsp3) is 0.750. The number of nitrogens with one attached hydrogen (secondary N) is 2. The fourth-order valence-electron chi connectivity index (χ4n) is 7.62. The molecule has 0 radical (unpaired) electrons. The highest BCUT2D eigenvalue weighted by Gasteiger charge is 2.45. The smallest absolute Gasteiger partial charge is 0.410 e. The number of likely N-dealkylation sites (tertiary alicyclic amines) is 2. The van der Waals surface area contributed by atoms with Crippen LogP contribution in [0, 0.1) is 0 Å². The molecule has 2 bridgehead atoms. The largest absolute Gasteiger partial charge is 0.443 e. The van der Waals surface area contributed by atoms with E-state index in [0.717, 1.165) is 89.1 Å². The molecule has 7 rings (SSSR count). The molecule has 2 aromatic rings. The Bertz CT molecular complexity index is 1300. The molecule has 0 aromatic carbocycles. The van der Waals surface area contributed by atoms with Crippen molar-refractivity contribution in [2.45, 2.75) is 101 Å². The number of aromatic nitrogens is 4. The number of amides is 1. The molecule has 0 spiro atoms. The Morgan fingerprint density at radius 1 is 0.977 bits per heavy atom. The molecule has 2 N–H and O–H groups in total. The number of ether oxygens (including phenoxy) is 2. The van der Waals surface area contributed by atoms with Crippen LogP contribution in [0.2, 0.25) is 0 Å². The molecule has 2 atom stereocenters. The number of carbonyl (C=O) groups excluding carboxylic acids is 1. The molecule has 2 unspecified atom stereocenters. The summed E-state index contributed by atoms with van der Waals surface area (Å²) in [5.74, 6) is 1.64. The van der Waals surface area contributed by atoms with Gasteiger partial charge < -0.3 is 25.0 Å². The summed E-state index contributed by atoms with van der Waals surface area (Å²) in [7, 11) is 0. The molecule has 5 saturated heterocycles. The van der Waals surface area contributed by atoms with Gasteiger partial charge >= 0.3 is 6.09 Å². The first-order valence-corrected chi connectivity index (χ1v) is 17.0. The molecule has 44 heavy (non-hydrogen) atoms. The van der Waals surface area contributed by atoms with Crippen molar-refractivity contribution in [3.05, 3.63) is 23.9 Å². The van der Waals surface area contributed by atoms with Gasteiger partial charge in [0.1, 0.15) is 6.10 Å². The first kappa shape index (κ1) is 29.7. The van der Waals surface area contributed by atoms with Gasteiger partial charge in [-0.2, -0.15) is 19.6 Å². The maximum atomic E-state index is 13.3. The van der Waals surface area contributed by atoms with E-state index in [2.05, 4.69) is 51.5 Å². The third-order valence-corrected chi connectivity index (χ3v) is 10.1. The predicted molar refractivity (Wildman–Crippen MR) is 169 cm³/mol. The topological polar surface area (TPSA) is 112 Å². The molecule has 12 heteroatoms. The molecule has 7 heterocycles. The second-order valence-corrected chi connectivity index (χ2v) is 13.7. The van der Waals surface area contributed by atoms with Crippen LogP contribution in [0.1, 0.15) is 76.7 Å². The quantitative estimate of drug-likeness (QED) is 0.388. The highest BCUT2D eigenvalue weighted by Crippen LogP contribution is 2.38. The number of hydrogen-bond acceptors (Lipinski definition) is 10. The van der Waals surface area contributed by atoms with Crippen molar-refractivity contribution < 1.29 is 14.3 Å².